The van der Waals surface area contributed by atoms with Crippen LogP contribution in [-0.2, 0) is 17.8 Å². The van der Waals surface area contributed by atoms with Crippen LogP contribution in [0.3, 0.4) is 0 Å². The van der Waals surface area contributed by atoms with E-state index in [0.717, 1.165) is 28.8 Å². The summed E-state index contributed by atoms with van der Waals surface area (Å²) in [6.07, 6.45) is 0.864. The minimum Gasteiger partial charge on any atom is -0.496 e. The zero-order valence-electron chi connectivity index (χ0n) is 18.3. The summed E-state index contributed by atoms with van der Waals surface area (Å²) in [6.45, 7) is 7.18. The fourth-order valence-corrected chi connectivity index (χ4v) is 3.40. The van der Waals surface area contributed by atoms with Crippen molar-refractivity contribution in [3.05, 3.63) is 52.0 Å². The third-order valence-electron chi connectivity index (χ3n) is 4.28. The number of methoxy groups -OCH3 is 2. The van der Waals surface area contributed by atoms with Crippen molar-refractivity contribution in [2.75, 3.05) is 27.4 Å². The predicted molar refractivity (Wildman–Crippen MR) is 122 cm³/mol. The first kappa shape index (κ1) is 24.0. The molecule has 2 aromatic carbocycles. The maximum absolute atomic E-state index is 12.0. The normalized spacial score (nSPS) is 11.1. The molecule has 0 saturated carbocycles. The Balaban J connectivity index is 1.93. The van der Waals surface area contributed by atoms with Gasteiger partial charge in [0.15, 0.2) is 18.1 Å². The summed E-state index contributed by atoms with van der Waals surface area (Å²) < 4.78 is 17.4. The lowest BCUT2D eigenvalue weighted by Gasteiger charge is -2.21. The second-order valence-corrected chi connectivity index (χ2v) is 8.77. The fourth-order valence-electron chi connectivity index (χ4n) is 2.94. The van der Waals surface area contributed by atoms with Gasteiger partial charge in [0, 0.05) is 16.6 Å². The van der Waals surface area contributed by atoms with Crippen LogP contribution in [0.15, 0.2) is 40.9 Å². The Kier molecular flexibility index (Phi) is 8.99. The Morgan fingerprint density at radius 1 is 1.00 bits per heavy atom. The van der Waals surface area contributed by atoms with Crippen molar-refractivity contribution in [2.24, 2.45) is 0 Å². The Hall–Kier alpha value is -2.25. The van der Waals surface area contributed by atoms with Crippen LogP contribution in [0.4, 0.5) is 0 Å². The van der Waals surface area contributed by atoms with Crippen molar-refractivity contribution in [3.8, 4) is 17.2 Å². The number of para-hydroxylation sites is 1. The molecule has 164 valence electrons. The molecule has 0 saturated heterocycles. The van der Waals surface area contributed by atoms with Crippen LogP contribution in [0.1, 0.15) is 31.9 Å². The van der Waals surface area contributed by atoms with Crippen molar-refractivity contribution in [2.45, 2.75) is 39.3 Å². The van der Waals surface area contributed by atoms with Gasteiger partial charge in [0.2, 0.25) is 0 Å². The van der Waals surface area contributed by atoms with Gasteiger partial charge < -0.3 is 24.8 Å². The summed E-state index contributed by atoms with van der Waals surface area (Å²) >= 11 is 3.59. The molecule has 0 aliphatic carbocycles. The van der Waals surface area contributed by atoms with Crippen molar-refractivity contribution >= 4 is 21.8 Å². The largest absolute Gasteiger partial charge is 0.496 e. The summed E-state index contributed by atoms with van der Waals surface area (Å²) in [5.41, 5.74) is 1.91. The molecule has 0 aliphatic rings. The minimum absolute atomic E-state index is 0.0728. The van der Waals surface area contributed by atoms with Gasteiger partial charge in [0.25, 0.3) is 5.91 Å². The third-order valence-corrected chi connectivity index (χ3v) is 5.02. The molecule has 0 atom stereocenters. The zero-order chi connectivity index (χ0) is 22.1. The van der Waals surface area contributed by atoms with Crippen LogP contribution in [0.25, 0.3) is 0 Å². The van der Waals surface area contributed by atoms with Gasteiger partial charge in [-0.25, -0.2) is 0 Å². The van der Waals surface area contributed by atoms with Crippen LogP contribution in [0, 0.1) is 0 Å². The van der Waals surface area contributed by atoms with Gasteiger partial charge >= 0.3 is 0 Å². The number of hydrogen-bond donors (Lipinski definition) is 2. The van der Waals surface area contributed by atoms with E-state index in [1.807, 2.05) is 51.1 Å². The van der Waals surface area contributed by atoms with Gasteiger partial charge in [0.1, 0.15) is 5.75 Å². The second-order valence-electron chi connectivity index (χ2n) is 7.92. The van der Waals surface area contributed by atoms with E-state index in [9.17, 15) is 4.79 Å². The Labute approximate surface area is 187 Å². The molecule has 7 heteroatoms. The van der Waals surface area contributed by atoms with Gasteiger partial charge in [-0.05, 0) is 63.1 Å². The molecule has 0 fully saturated rings. The highest BCUT2D eigenvalue weighted by Crippen LogP contribution is 2.33. The standard InChI is InChI=1S/C23H31BrN2O4/c1-23(2,3)26-22(27)15-30-21-13-18(24)17(12-20(21)29-5)14-25-11-10-16-8-6-7-9-19(16)28-4/h6-9,12-13,25H,10-11,14-15H2,1-5H3,(H,26,27). The van der Waals surface area contributed by atoms with Gasteiger partial charge in [-0.2, -0.15) is 0 Å². The molecular formula is C23H31BrN2O4. The van der Waals surface area contributed by atoms with Crippen LogP contribution in [0.2, 0.25) is 0 Å². The summed E-state index contributed by atoms with van der Waals surface area (Å²) in [4.78, 5) is 12.0. The Bertz CT molecular complexity index is 850. The molecule has 0 aromatic heterocycles. The fraction of sp³-hybridized carbons (Fsp3) is 0.435. The predicted octanol–water partition coefficient (Wildman–Crippen LogP) is 4.09. The van der Waals surface area contributed by atoms with Crippen LogP contribution < -0.4 is 24.8 Å². The highest BCUT2D eigenvalue weighted by Gasteiger charge is 2.16. The number of nitrogens with one attached hydrogen (secondary N) is 2. The lowest BCUT2D eigenvalue weighted by atomic mass is 10.1. The highest BCUT2D eigenvalue weighted by molar-refractivity contribution is 9.10. The van der Waals surface area contributed by atoms with E-state index in [0.29, 0.717) is 18.0 Å². The molecular weight excluding hydrogens is 448 g/mol. The monoisotopic (exact) mass is 478 g/mol. The average Bonchev–Trinajstić information content (AvgIpc) is 2.69. The number of carbonyl (C=O) groups excluding carboxylic acids is 1. The first-order chi connectivity index (χ1) is 14.2. The lowest BCUT2D eigenvalue weighted by Crippen LogP contribution is -2.43. The molecule has 2 aromatic rings. The number of hydrogen-bond acceptors (Lipinski definition) is 5. The van der Waals surface area contributed by atoms with Gasteiger partial charge in [-0.1, -0.05) is 34.1 Å². The highest BCUT2D eigenvalue weighted by atomic mass is 79.9. The maximum Gasteiger partial charge on any atom is 0.258 e. The molecule has 1 amide bonds. The summed E-state index contributed by atoms with van der Waals surface area (Å²) in [6, 6.07) is 11.8. The van der Waals surface area contributed by atoms with E-state index < -0.39 is 0 Å². The topological polar surface area (TPSA) is 68.8 Å². The molecule has 0 radical (unpaired) electrons. The number of amides is 1. The van der Waals surface area contributed by atoms with Gasteiger partial charge in [-0.15, -0.1) is 0 Å². The van der Waals surface area contributed by atoms with E-state index in [2.05, 4.69) is 32.6 Å². The quantitative estimate of drug-likeness (QED) is 0.503. The number of ether oxygens (including phenoxy) is 3. The molecule has 2 rings (SSSR count). The van der Waals surface area contributed by atoms with E-state index >= 15 is 0 Å². The Morgan fingerprint density at radius 3 is 2.37 bits per heavy atom. The second kappa shape index (κ2) is 11.2. The molecule has 30 heavy (non-hydrogen) atoms. The molecule has 6 nitrogen and oxygen atoms in total. The first-order valence-electron chi connectivity index (χ1n) is 9.86. The van der Waals surface area contributed by atoms with Crippen molar-refractivity contribution in [1.82, 2.24) is 10.6 Å². The number of halogens is 1. The molecule has 2 N–H and O–H groups in total. The molecule has 0 spiro atoms. The Morgan fingerprint density at radius 2 is 1.70 bits per heavy atom. The van der Waals surface area contributed by atoms with E-state index in [1.165, 1.54) is 5.56 Å². The first-order valence-corrected chi connectivity index (χ1v) is 10.7. The third kappa shape index (κ3) is 7.54. The molecule has 0 unspecified atom stereocenters. The minimum atomic E-state index is -0.301. The van der Waals surface area contributed by atoms with Crippen molar-refractivity contribution in [3.63, 3.8) is 0 Å². The van der Waals surface area contributed by atoms with Crippen molar-refractivity contribution in [1.29, 1.82) is 0 Å². The van der Waals surface area contributed by atoms with Crippen LogP contribution in [0.5, 0.6) is 17.2 Å². The van der Waals surface area contributed by atoms with E-state index in [1.54, 1.807) is 14.2 Å². The molecule has 0 heterocycles. The SMILES string of the molecule is COc1ccccc1CCNCc1cc(OC)c(OCC(=O)NC(C)(C)C)cc1Br. The molecule has 0 aliphatic heterocycles. The lowest BCUT2D eigenvalue weighted by molar-refractivity contribution is -0.124. The number of carbonyl (C=O) groups is 1. The summed E-state index contributed by atoms with van der Waals surface area (Å²) in [5, 5.41) is 6.32. The van der Waals surface area contributed by atoms with E-state index in [-0.39, 0.29) is 18.1 Å². The van der Waals surface area contributed by atoms with Crippen LogP contribution in [-0.4, -0.2) is 38.8 Å². The average molecular weight is 479 g/mol. The number of rotatable bonds is 10. The smallest absolute Gasteiger partial charge is 0.258 e. The van der Waals surface area contributed by atoms with Gasteiger partial charge in [-0.3, -0.25) is 4.79 Å². The van der Waals surface area contributed by atoms with Gasteiger partial charge in [0.05, 0.1) is 14.2 Å². The van der Waals surface area contributed by atoms with Crippen LogP contribution >= 0.6 is 15.9 Å². The summed E-state index contributed by atoms with van der Waals surface area (Å²) in [7, 11) is 3.27. The molecule has 0 bridgehead atoms. The van der Waals surface area contributed by atoms with Crippen molar-refractivity contribution < 1.29 is 19.0 Å². The maximum atomic E-state index is 12.0. The zero-order valence-corrected chi connectivity index (χ0v) is 19.9. The summed E-state index contributed by atoms with van der Waals surface area (Å²) in [5.74, 6) is 1.83. The van der Waals surface area contributed by atoms with E-state index in [4.69, 9.17) is 14.2 Å². The number of benzene rings is 2.